The number of rotatable bonds is 6. The number of ether oxygens (including phenoxy) is 1. The molecule has 22 heavy (non-hydrogen) atoms. The molecule has 6 heteroatoms. The molecule has 1 aromatic carbocycles. The maximum absolute atomic E-state index is 11.9. The van der Waals surface area contributed by atoms with Crippen LogP contribution in [0.2, 0.25) is 0 Å². The standard InChI is InChI=1S/C16H18N2O4/c1-16(17-11-19,15(21)22-2)10-12-5-6-13(14(20)9-12)18-7-3-4-8-18/h3-9,11,20H,10H2,1-2H3,(H,17,19)/t16-/m1/s1. The summed E-state index contributed by atoms with van der Waals surface area (Å²) in [5, 5.41) is 12.6. The second-order valence-corrected chi connectivity index (χ2v) is 5.18. The van der Waals surface area contributed by atoms with Crippen molar-refractivity contribution in [2.24, 2.45) is 0 Å². The lowest BCUT2D eigenvalue weighted by Crippen LogP contribution is -2.51. The number of aromatic hydroxyl groups is 1. The molecule has 0 unspecified atom stereocenters. The van der Waals surface area contributed by atoms with Crippen molar-refractivity contribution in [2.75, 3.05) is 7.11 Å². The van der Waals surface area contributed by atoms with Gasteiger partial charge in [0.1, 0.15) is 11.3 Å². The van der Waals surface area contributed by atoms with Crippen molar-refractivity contribution in [3.8, 4) is 11.4 Å². The molecule has 0 aliphatic rings. The Morgan fingerprint density at radius 1 is 1.41 bits per heavy atom. The topological polar surface area (TPSA) is 80.6 Å². The maximum atomic E-state index is 11.9. The zero-order valence-corrected chi connectivity index (χ0v) is 12.4. The lowest BCUT2D eigenvalue weighted by Gasteiger charge is -2.26. The fourth-order valence-electron chi connectivity index (χ4n) is 2.34. The van der Waals surface area contributed by atoms with E-state index in [9.17, 15) is 14.7 Å². The van der Waals surface area contributed by atoms with Gasteiger partial charge in [-0.05, 0) is 36.8 Å². The third-order valence-corrected chi connectivity index (χ3v) is 3.49. The van der Waals surface area contributed by atoms with Crippen molar-refractivity contribution in [1.29, 1.82) is 0 Å². The second kappa shape index (κ2) is 6.34. The Morgan fingerprint density at radius 3 is 2.64 bits per heavy atom. The number of phenols is 1. The highest BCUT2D eigenvalue weighted by Crippen LogP contribution is 2.25. The summed E-state index contributed by atoms with van der Waals surface area (Å²) in [5.74, 6) is -0.458. The van der Waals surface area contributed by atoms with E-state index in [1.165, 1.54) is 7.11 Å². The highest BCUT2D eigenvalue weighted by Gasteiger charge is 2.34. The maximum Gasteiger partial charge on any atom is 0.331 e. The van der Waals surface area contributed by atoms with Gasteiger partial charge in [-0.1, -0.05) is 6.07 Å². The van der Waals surface area contributed by atoms with Gasteiger partial charge in [0.2, 0.25) is 6.41 Å². The Labute approximate surface area is 128 Å². The first-order valence-corrected chi connectivity index (χ1v) is 6.75. The van der Waals surface area contributed by atoms with Gasteiger partial charge in [-0.2, -0.15) is 0 Å². The number of benzene rings is 1. The highest BCUT2D eigenvalue weighted by molar-refractivity contribution is 5.83. The van der Waals surface area contributed by atoms with Crippen LogP contribution in [0.4, 0.5) is 0 Å². The van der Waals surface area contributed by atoms with Gasteiger partial charge in [-0.25, -0.2) is 4.79 Å². The number of carbonyl (C=O) groups excluding carboxylic acids is 2. The summed E-state index contributed by atoms with van der Waals surface area (Å²) in [7, 11) is 1.26. The van der Waals surface area contributed by atoms with E-state index in [-0.39, 0.29) is 12.2 Å². The Hall–Kier alpha value is -2.76. The number of esters is 1. The van der Waals surface area contributed by atoms with Crippen LogP contribution >= 0.6 is 0 Å². The van der Waals surface area contributed by atoms with E-state index in [2.05, 4.69) is 5.32 Å². The van der Waals surface area contributed by atoms with E-state index >= 15 is 0 Å². The highest BCUT2D eigenvalue weighted by atomic mass is 16.5. The Balaban J connectivity index is 2.28. The molecular formula is C16H18N2O4. The summed E-state index contributed by atoms with van der Waals surface area (Å²) in [6.45, 7) is 1.57. The molecule has 2 N–H and O–H groups in total. The molecule has 0 aliphatic carbocycles. The van der Waals surface area contributed by atoms with Gasteiger partial charge in [0.15, 0.2) is 0 Å². The minimum atomic E-state index is -1.18. The summed E-state index contributed by atoms with van der Waals surface area (Å²) in [4.78, 5) is 22.6. The first-order chi connectivity index (χ1) is 10.5. The first kappa shape index (κ1) is 15.6. The zero-order chi connectivity index (χ0) is 16.2. The number of hydrogen-bond acceptors (Lipinski definition) is 4. The van der Waals surface area contributed by atoms with Gasteiger partial charge < -0.3 is 19.7 Å². The van der Waals surface area contributed by atoms with Crippen LogP contribution in [0.15, 0.2) is 42.7 Å². The molecule has 2 aromatic rings. The average molecular weight is 302 g/mol. The molecule has 0 saturated carbocycles. The van der Waals surface area contributed by atoms with Crippen LogP contribution in [-0.2, 0) is 20.7 Å². The molecule has 0 spiro atoms. The predicted octanol–water partition coefficient (Wildman–Crippen LogP) is 1.40. The van der Waals surface area contributed by atoms with Gasteiger partial charge >= 0.3 is 5.97 Å². The number of amides is 1. The normalized spacial score (nSPS) is 13.2. The van der Waals surface area contributed by atoms with Gasteiger partial charge in [-0.15, -0.1) is 0 Å². The number of methoxy groups -OCH3 is 1. The minimum Gasteiger partial charge on any atom is -0.506 e. The number of aromatic nitrogens is 1. The summed E-state index contributed by atoms with van der Waals surface area (Å²) < 4.78 is 6.51. The van der Waals surface area contributed by atoms with E-state index in [1.807, 2.05) is 24.5 Å². The van der Waals surface area contributed by atoms with Crippen LogP contribution in [-0.4, -0.2) is 34.7 Å². The van der Waals surface area contributed by atoms with Crippen LogP contribution in [0, 0.1) is 0 Å². The third kappa shape index (κ3) is 3.11. The van der Waals surface area contributed by atoms with Crippen LogP contribution in [0.25, 0.3) is 5.69 Å². The fraction of sp³-hybridized carbons (Fsp3) is 0.250. The molecule has 1 heterocycles. The Bertz CT molecular complexity index is 667. The second-order valence-electron chi connectivity index (χ2n) is 5.18. The van der Waals surface area contributed by atoms with Crippen LogP contribution in [0.1, 0.15) is 12.5 Å². The van der Waals surface area contributed by atoms with E-state index in [1.54, 1.807) is 29.7 Å². The van der Waals surface area contributed by atoms with Gasteiger partial charge in [0, 0.05) is 18.8 Å². The van der Waals surface area contributed by atoms with E-state index < -0.39 is 11.5 Å². The molecular weight excluding hydrogens is 284 g/mol. The molecule has 2 rings (SSSR count). The van der Waals surface area contributed by atoms with E-state index in [4.69, 9.17) is 4.74 Å². The molecule has 0 bridgehead atoms. The zero-order valence-electron chi connectivity index (χ0n) is 12.4. The van der Waals surface area contributed by atoms with Gasteiger partial charge in [0.25, 0.3) is 0 Å². The number of hydrogen-bond donors (Lipinski definition) is 2. The Morgan fingerprint density at radius 2 is 2.09 bits per heavy atom. The molecule has 0 radical (unpaired) electrons. The summed E-state index contributed by atoms with van der Waals surface area (Å²) in [6, 6.07) is 8.83. The van der Waals surface area contributed by atoms with Crippen molar-refractivity contribution < 1.29 is 19.4 Å². The molecule has 1 amide bonds. The average Bonchev–Trinajstić information content (AvgIpc) is 3.00. The lowest BCUT2D eigenvalue weighted by molar-refractivity contribution is -0.148. The smallest absolute Gasteiger partial charge is 0.331 e. The molecule has 116 valence electrons. The fourth-order valence-corrected chi connectivity index (χ4v) is 2.34. The van der Waals surface area contributed by atoms with Gasteiger partial charge in [0.05, 0.1) is 12.8 Å². The molecule has 1 atom stereocenters. The van der Waals surface area contributed by atoms with Crippen molar-refractivity contribution in [2.45, 2.75) is 18.9 Å². The predicted molar refractivity (Wildman–Crippen MR) is 80.8 cm³/mol. The SMILES string of the molecule is COC(=O)[C@@](C)(Cc1ccc(-n2cccc2)c(O)c1)NC=O. The summed E-state index contributed by atoms with van der Waals surface area (Å²) in [6.07, 6.45) is 4.31. The van der Waals surface area contributed by atoms with Crippen molar-refractivity contribution >= 4 is 12.4 Å². The van der Waals surface area contributed by atoms with Crippen LogP contribution in [0.5, 0.6) is 5.75 Å². The molecule has 6 nitrogen and oxygen atoms in total. The monoisotopic (exact) mass is 302 g/mol. The molecule has 0 saturated heterocycles. The number of phenolic OH excluding ortho intramolecular Hbond substituents is 1. The van der Waals surface area contributed by atoms with E-state index in [0.717, 1.165) is 0 Å². The molecule has 1 aromatic heterocycles. The minimum absolute atomic E-state index is 0.0898. The van der Waals surface area contributed by atoms with Crippen LogP contribution < -0.4 is 5.32 Å². The summed E-state index contributed by atoms with van der Waals surface area (Å²) >= 11 is 0. The van der Waals surface area contributed by atoms with Crippen LogP contribution in [0.3, 0.4) is 0 Å². The summed E-state index contributed by atoms with van der Waals surface area (Å²) in [5.41, 5.74) is 0.158. The first-order valence-electron chi connectivity index (χ1n) is 6.75. The van der Waals surface area contributed by atoms with Gasteiger partial charge in [-0.3, -0.25) is 4.79 Å². The van der Waals surface area contributed by atoms with Crippen molar-refractivity contribution in [3.63, 3.8) is 0 Å². The molecule has 0 fully saturated rings. The van der Waals surface area contributed by atoms with E-state index in [0.29, 0.717) is 17.7 Å². The largest absolute Gasteiger partial charge is 0.506 e. The lowest BCUT2D eigenvalue weighted by atomic mass is 9.92. The molecule has 0 aliphatic heterocycles. The van der Waals surface area contributed by atoms with Crippen molar-refractivity contribution in [3.05, 3.63) is 48.3 Å². The number of carbonyl (C=O) groups is 2. The number of nitrogens with one attached hydrogen (secondary N) is 1. The van der Waals surface area contributed by atoms with Crippen molar-refractivity contribution in [1.82, 2.24) is 9.88 Å². The quantitative estimate of drug-likeness (QED) is 0.624. The Kier molecular flexibility index (Phi) is 4.50. The third-order valence-electron chi connectivity index (χ3n) is 3.49. The number of nitrogens with zero attached hydrogens (tertiary/aromatic N) is 1.